The summed E-state index contributed by atoms with van der Waals surface area (Å²) in [6, 6.07) is 12.7. The van der Waals surface area contributed by atoms with Crippen LogP contribution < -0.4 is 0 Å². The molecule has 1 fully saturated rings. The highest BCUT2D eigenvalue weighted by atomic mass is 16.5. The summed E-state index contributed by atoms with van der Waals surface area (Å²) < 4.78 is 12.1. The van der Waals surface area contributed by atoms with E-state index in [2.05, 4.69) is 15.5 Å². The number of carbonyl (C=O) groups is 2. The molecule has 32 heavy (non-hydrogen) atoms. The average Bonchev–Trinajstić information content (AvgIpc) is 3.26. The quantitative estimate of drug-likeness (QED) is 0.356. The number of benzene rings is 1. The third-order valence-corrected chi connectivity index (χ3v) is 5.11. The summed E-state index contributed by atoms with van der Waals surface area (Å²) in [7, 11) is 0. The van der Waals surface area contributed by atoms with Crippen molar-refractivity contribution >= 4 is 23.6 Å². The van der Waals surface area contributed by atoms with Crippen molar-refractivity contribution in [1.82, 2.24) is 25.1 Å². The predicted octanol–water partition coefficient (Wildman–Crippen LogP) is 3.12. The first kappa shape index (κ1) is 21.5. The maximum atomic E-state index is 13.1. The summed E-state index contributed by atoms with van der Waals surface area (Å²) in [6.45, 7) is 3.04. The Kier molecular flexibility index (Phi) is 6.74. The number of furan rings is 1. The molecule has 9 heteroatoms. The normalized spacial score (nSPS) is 13.7. The van der Waals surface area contributed by atoms with Gasteiger partial charge in [-0.25, -0.2) is 4.79 Å². The zero-order chi connectivity index (χ0) is 22.3. The van der Waals surface area contributed by atoms with E-state index in [0.717, 1.165) is 24.8 Å². The molecule has 1 saturated carbocycles. The summed E-state index contributed by atoms with van der Waals surface area (Å²) in [5.41, 5.74) is 0.770. The lowest BCUT2D eigenvalue weighted by atomic mass is 10.2. The van der Waals surface area contributed by atoms with Gasteiger partial charge in [-0.05, 0) is 47.7 Å². The van der Waals surface area contributed by atoms with E-state index in [1.165, 1.54) is 17.0 Å². The van der Waals surface area contributed by atoms with Crippen LogP contribution in [0, 0.1) is 5.92 Å². The van der Waals surface area contributed by atoms with Gasteiger partial charge in [-0.1, -0.05) is 37.3 Å². The number of hydrogen-bond acceptors (Lipinski definition) is 7. The molecule has 0 saturated heterocycles. The first-order valence-corrected chi connectivity index (χ1v) is 10.7. The van der Waals surface area contributed by atoms with E-state index >= 15 is 0 Å². The highest BCUT2D eigenvalue weighted by molar-refractivity contribution is 6.15. The van der Waals surface area contributed by atoms with Crippen LogP contribution in [0.25, 0.3) is 23.2 Å². The Morgan fingerprint density at radius 3 is 2.72 bits per heavy atom. The Morgan fingerprint density at radius 2 is 2.03 bits per heavy atom. The van der Waals surface area contributed by atoms with E-state index in [9.17, 15) is 9.59 Å². The fraction of sp³-hybridized carbons (Fsp3) is 0.348. The molecule has 1 aromatic carbocycles. The second-order valence-electron chi connectivity index (χ2n) is 7.68. The smallest absolute Gasteiger partial charge is 0.357 e. The molecule has 166 valence electrons. The second-order valence-corrected chi connectivity index (χ2v) is 7.68. The molecule has 0 bridgehead atoms. The van der Waals surface area contributed by atoms with Crippen LogP contribution in [0.2, 0.25) is 0 Å². The van der Waals surface area contributed by atoms with Gasteiger partial charge in [-0.15, -0.1) is 5.10 Å². The number of esters is 1. The van der Waals surface area contributed by atoms with Gasteiger partial charge in [0, 0.05) is 24.7 Å². The highest BCUT2D eigenvalue weighted by Gasteiger charge is 2.27. The number of tetrazole rings is 1. The van der Waals surface area contributed by atoms with Gasteiger partial charge in [0.1, 0.15) is 5.76 Å². The molecular formula is C23H25N5O4. The van der Waals surface area contributed by atoms with Crippen LogP contribution in [0.3, 0.4) is 0 Å². The third-order valence-electron chi connectivity index (χ3n) is 5.11. The minimum absolute atomic E-state index is 0.0424. The summed E-state index contributed by atoms with van der Waals surface area (Å²) in [5, 5.41) is 11.8. The Morgan fingerprint density at radius 1 is 1.22 bits per heavy atom. The average molecular weight is 435 g/mol. The van der Waals surface area contributed by atoms with Crippen molar-refractivity contribution in [3.8, 4) is 11.4 Å². The third kappa shape index (κ3) is 5.29. The largest absolute Gasteiger partial charge is 0.465 e. The first-order chi connectivity index (χ1) is 15.7. The van der Waals surface area contributed by atoms with Crippen LogP contribution >= 0.6 is 0 Å². The molecule has 2 aromatic heterocycles. The van der Waals surface area contributed by atoms with Crippen LogP contribution in [0.5, 0.6) is 0 Å². The maximum absolute atomic E-state index is 13.1. The number of ether oxygens (including phenoxy) is 1. The van der Waals surface area contributed by atoms with E-state index < -0.39 is 5.97 Å². The number of nitrogens with zero attached hydrogens (tertiary/aromatic N) is 5. The van der Waals surface area contributed by atoms with E-state index in [4.69, 9.17) is 9.15 Å². The minimum atomic E-state index is -0.720. The van der Waals surface area contributed by atoms with Crippen LogP contribution in [-0.2, 0) is 14.3 Å². The minimum Gasteiger partial charge on any atom is -0.465 e. The zero-order valence-electron chi connectivity index (χ0n) is 17.9. The number of hydrogen-bond donors (Lipinski definition) is 0. The molecule has 3 aromatic rings. The molecule has 0 spiro atoms. The lowest BCUT2D eigenvalue weighted by Crippen LogP contribution is -2.37. The van der Waals surface area contributed by atoms with Crippen molar-refractivity contribution in [2.24, 2.45) is 5.92 Å². The van der Waals surface area contributed by atoms with E-state index in [0.29, 0.717) is 30.6 Å². The SMILES string of the molecule is CCCN(CC1CC1)C(=O)COC(=O)/C(=C/c1ccco1)n1nnnc1-c1ccccc1. The first-order valence-electron chi connectivity index (χ1n) is 10.7. The van der Waals surface area contributed by atoms with E-state index in [1.54, 1.807) is 17.0 Å². The molecule has 0 N–H and O–H groups in total. The van der Waals surface area contributed by atoms with Crippen molar-refractivity contribution < 1.29 is 18.7 Å². The topological polar surface area (TPSA) is 103 Å². The van der Waals surface area contributed by atoms with E-state index in [1.807, 2.05) is 37.3 Å². The number of carbonyl (C=O) groups excluding carboxylic acids is 2. The van der Waals surface area contributed by atoms with Gasteiger partial charge in [-0.3, -0.25) is 4.79 Å². The van der Waals surface area contributed by atoms with Gasteiger partial charge in [0.05, 0.1) is 6.26 Å². The molecule has 2 heterocycles. The van der Waals surface area contributed by atoms with Gasteiger partial charge in [0.2, 0.25) is 0 Å². The summed E-state index contributed by atoms with van der Waals surface area (Å²) in [4.78, 5) is 27.5. The Hall–Kier alpha value is -3.75. The van der Waals surface area contributed by atoms with Crippen molar-refractivity contribution in [1.29, 1.82) is 0 Å². The van der Waals surface area contributed by atoms with Crippen molar-refractivity contribution in [3.05, 3.63) is 54.5 Å². The fourth-order valence-electron chi connectivity index (χ4n) is 3.32. The number of amides is 1. The summed E-state index contributed by atoms with van der Waals surface area (Å²) in [6.07, 6.45) is 6.12. The molecular weight excluding hydrogens is 410 g/mol. The van der Waals surface area contributed by atoms with E-state index in [-0.39, 0.29) is 18.2 Å². The van der Waals surface area contributed by atoms with Gasteiger partial charge >= 0.3 is 5.97 Å². The van der Waals surface area contributed by atoms with Gasteiger partial charge in [0.25, 0.3) is 5.91 Å². The molecule has 0 atom stereocenters. The summed E-state index contributed by atoms with van der Waals surface area (Å²) in [5.74, 6) is 0.434. The standard InChI is InChI=1S/C23H25N5O4/c1-2-12-27(15-17-10-11-17)21(29)16-32-23(30)20(14-19-9-6-13-31-19)28-22(24-25-26-28)18-7-4-3-5-8-18/h3-9,13-14,17H,2,10-12,15-16H2,1H3/b20-14-. The molecule has 1 amide bonds. The Labute approximate surface area is 185 Å². The van der Waals surface area contributed by atoms with Gasteiger partial charge < -0.3 is 14.1 Å². The molecule has 1 aliphatic rings. The number of rotatable bonds is 10. The Balaban J connectivity index is 1.55. The van der Waals surface area contributed by atoms with Crippen LogP contribution in [0.15, 0.2) is 53.1 Å². The Bertz CT molecular complexity index is 1070. The van der Waals surface area contributed by atoms with Crippen LogP contribution in [-0.4, -0.2) is 56.7 Å². The molecule has 9 nitrogen and oxygen atoms in total. The van der Waals surface area contributed by atoms with Gasteiger partial charge in [-0.2, -0.15) is 4.68 Å². The lowest BCUT2D eigenvalue weighted by molar-refractivity contribution is -0.147. The maximum Gasteiger partial charge on any atom is 0.357 e. The summed E-state index contributed by atoms with van der Waals surface area (Å²) >= 11 is 0. The van der Waals surface area contributed by atoms with Crippen molar-refractivity contribution in [2.75, 3.05) is 19.7 Å². The molecule has 0 aliphatic heterocycles. The molecule has 0 unspecified atom stereocenters. The predicted molar refractivity (Wildman–Crippen MR) is 117 cm³/mol. The number of aromatic nitrogens is 4. The molecule has 4 rings (SSSR count). The van der Waals surface area contributed by atoms with Crippen LogP contribution in [0.4, 0.5) is 0 Å². The van der Waals surface area contributed by atoms with Crippen molar-refractivity contribution in [2.45, 2.75) is 26.2 Å². The van der Waals surface area contributed by atoms with Gasteiger partial charge in [0.15, 0.2) is 18.1 Å². The second kappa shape index (κ2) is 10.0. The fourth-order valence-corrected chi connectivity index (χ4v) is 3.32. The molecule has 1 aliphatic carbocycles. The molecule has 0 radical (unpaired) electrons. The monoisotopic (exact) mass is 435 g/mol. The highest BCUT2D eigenvalue weighted by Crippen LogP contribution is 2.29. The van der Waals surface area contributed by atoms with Crippen molar-refractivity contribution in [3.63, 3.8) is 0 Å². The zero-order valence-corrected chi connectivity index (χ0v) is 17.9. The lowest BCUT2D eigenvalue weighted by Gasteiger charge is -2.22. The van der Waals surface area contributed by atoms with Crippen LogP contribution in [0.1, 0.15) is 31.9 Å².